The third-order valence-electron chi connectivity index (χ3n) is 5.08. The molecule has 6 heteroatoms. The number of nitrogens with one attached hydrogen (secondary N) is 1. The molecule has 1 unspecified atom stereocenters. The Morgan fingerprint density at radius 2 is 2.12 bits per heavy atom. The number of rotatable bonds is 8. The number of fused-ring (bicyclic) bond motifs is 1. The highest BCUT2D eigenvalue weighted by molar-refractivity contribution is 8.00. The predicted octanol–water partition coefficient (Wildman–Crippen LogP) is 3.86. The molecule has 3 rings (SSSR count). The summed E-state index contributed by atoms with van der Waals surface area (Å²) in [5, 5.41) is 3.86. The van der Waals surface area contributed by atoms with Crippen LogP contribution in [0.1, 0.15) is 39.0 Å². The molecule has 1 aliphatic carbocycles. The van der Waals surface area contributed by atoms with Crippen LogP contribution in [0.5, 0.6) is 0 Å². The minimum atomic E-state index is -0.170. The second kappa shape index (κ2) is 9.42. The Morgan fingerprint density at radius 3 is 2.88 bits per heavy atom. The first kappa shape index (κ1) is 19.2. The molecule has 142 valence electrons. The van der Waals surface area contributed by atoms with Crippen LogP contribution in [-0.2, 0) is 16.1 Å². The number of carbonyl (C=O) groups is 1. The molecule has 0 saturated heterocycles. The van der Waals surface area contributed by atoms with Crippen molar-refractivity contribution in [3.05, 3.63) is 24.3 Å². The summed E-state index contributed by atoms with van der Waals surface area (Å²) in [6, 6.07) is 8.08. The Hall–Kier alpha value is -1.53. The lowest BCUT2D eigenvalue weighted by atomic mass is 9.89. The summed E-state index contributed by atoms with van der Waals surface area (Å²) >= 11 is 1.53. The number of thioether (sulfide) groups is 1. The quantitative estimate of drug-likeness (QED) is 0.712. The Labute approximate surface area is 159 Å². The number of hydrogen-bond donors (Lipinski definition) is 1. The maximum Gasteiger partial charge on any atom is 0.233 e. The number of nitrogens with zero attached hydrogens (tertiary/aromatic N) is 2. The highest BCUT2D eigenvalue weighted by Gasteiger charge is 2.21. The average molecular weight is 376 g/mol. The predicted molar refractivity (Wildman–Crippen MR) is 107 cm³/mol. The maximum atomic E-state index is 12.5. The fourth-order valence-electron chi connectivity index (χ4n) is 3.53. The van der Waals surface area contributed by atoms with E-state index in [4.69, 9.17) is 9.72 Å². The third kappa shape index (κ3) is 4.80. The summed E-state index contributed by atoms with van der Waals surface area (Å²) in [4.78, 5) is 17.3. The summed E-state index contributed by atoms with van der Waals surface area (Å²) in [5.41, 5.74) is 2.04. The molecule has 0 bridgehead atoms. The first-order valence-corrected chi connectivity index (χ1v) is 10.5. The Morgan fingerprint density at radius 1 is 1.35 bits per heavy atom. The summed E-state index contributed by atoms with van der Waals surface area (Å²) in [7, 11) is 1.70. The van der Waals surface area contributed by atoms with Crippen LogP contribution in [0.25, 0.3) is 11.0 Å². The van der Waals surface area contributed by atoms with E-state index >= 15 is 0 Å². The van der Waals surface area contributed by atoms with Gasteiger partial charge in [0.2, 0.25) is 5.91 Å². The fourth-order valence-corrected chi connectivity index (χ4v) is 4.51. The van der Waals surface area contributed by atoms with Gasteiger partial charge >= 0.3 is 0 Å². The van der Waals surface area contributed by atoms with Crippen LogP contribution in [0, 0.1) is 5.92 Å². The minimum Gasteiger partial charge on any atom is -0.383 e. The molecule has 26 heavy (non-hydrogen) atoms. The molecule has 1 atom stereocenters. The van der Waals surface area contributed by atoms with E-state index in [9.17, 15) is 4.79 Å². The van der Waals surface area contributed by atoms with E-state index in [2.05, 4.69) is 16.0 Å². The molecular weight excluding hydrogens is 346 g/mol. The number of methoxy groups -OCH3 is 1. The first-order valence-electron chi connectivity index (χ1n) is 9.57. The second-order valence-electron chi connectivity index (χ2n) is 7.04. The van der Waals surface area contributed by atoms with Gasteiger partial charge in [0.05, 0.1) is 22.9 Å². The van der Waals surface area contributed by atoms with Gasteiger partial charge in [-0.15, -0.1) is 0 Å². The van der Waals surface area contributed by atoms with Gasteiger partial charge in [-0.2, -0.15) is 0 Å². The van der Waals surface area contributed by atoms with Crippen LogP contribution in [0.2, 0.25) is 0 Å². The van der Waals surface area contributed by atoms with Gasteiger partial charge in [0.25, 0.3) is 0 Å². The van der Waals surface area contributed by atoms with E-state index in [0.29, 0.717) is 12.5 Å². The minimum absolute atomic E-state index is 0.103. The standard InChI is InChI=1S/C20H29N3O2S/c1-15(19(24)21-14-16-8-4-3-5-9-16)26-20-22-17-10-6-7-11-18(17)23(20)12-13-25-2/h6-7,10-11,15-16H,3-5,8-9,12-14H2,1-2H3,(H,21,24). The highest BCUT2D eigenvalue weighted by Crippen LogP contribution is 2.28. The summed E-state index contributed by atoms with van der Waals surface area (Å²) in [5.74, 6) is 0.752. The molecule has 1 amide bonds. The van der Waals surface area contributed by atoms with E-state index in [1.54, 1.807) is 7.11 Å². The zero-order chi connectivity index (χ0) is 18.4. The van der Waals surface area contributed by atoms with E-state index in [1.807, 2.05) is 25.1 Å². The van der Waals surface area contributed by atoms with Gasteiger partial charge in [-0.3, -0.25) is 4.79 Å². The Balaban J connectivity index is 1.63. The molecule has 1 aliphatic rings. The van der Waals surface area contributed by atoms with Gasteiger partial charge in [-0.25, -0.2) is 4.98 Å². The number of benzene rings is 1. The van der Waals surface area contributed by atoms with Crippen molar-refractivity contribution in [1.82, 2.24) is 14.9 Å². The highest BCUT2D eigenvalue weighted by atomic mass is 32.2. The molecule has 1 fully saturated rings. The van der Waals surface area contributed by atoms with Crippen LogP contribution < -0.4 is 5.32 Å². The lowest BCUT2D eigenvalue weighted by Gasteiger charge is -2.22. The largest absolute Gasteiger partial charge is 0.383 e. The van der Waals surface area contributed by atoms with Gasteiger partial charge in [0.1, 0.15) is 0 Å². The molecule has 1 saturated carbocycles. The van der Waals surface area contributed by atoms with Gasteiger partial charge in [-0.1, -0.05) is 43.2 Å². The van der Waals surface area contributed by atoms with Crippen molar-refractivity contribution in [3.63, 3.8) is 0 Å². The van der Waals surface area contributed by atoms with Crippen molar-refractivity contribution in [2.75, 3.05) is 20.3 Å². The number of para-hydroxylation sites is 2. The maximum absolute atomic E-state index is 12.5. The average Bonchev–Trinajstić information content (AvgIpc) is 3.02. The van der Waals surface area contributed by atoms with Gasteiger partial charge in [0.15, 0.2) is 5.16 Å². The van der Waals surface area contributed by atoms with Crippen LogP contribution in [0.4, 0.5) is 0 Å². The van der Waals surface area contributed by atoms with Crippen LogP contribution in [0.3, 0.4) is 0 Å². The molecule has 1 heterocycles. The molecule has 0 radical (unpaired) electrons. The van der Waals surface area contributed by atoms with Gasteiger partial charge < -0.3 is 14.6 Å². The zero-order valence-electron chi connectivity index (χ0n) is 15.7. The smallest absolute Gasteiger partial charge is 0.233 e. The van der Waals surface area contributed by atoms with Gasteiger partial charge in [-0.05, 0) is 37.8 Å². The van der Waals surface area contributed by atoms with Crippen LogP contribution in [0.15, 0.2) is 29.4 Å². The van der Waals surface area contributed by atoms with Crippen molar-refractivity contribution in [2.24, 2.45) is 5.92 Å². The molecule has 2 aromatic rings. The van der Waals surface area contributed by atoms with E-state index in [1.165, 1.54) is 43.9 Å². The van der Waals surface area contributed by atoms with Crippen molar-refractivity contribution in [1.29, 1.82) is 0 Å². The van der Waals surface area contributed by atoms with E-state index in [-0.39, 0.29) is 11.2 Å². The zero-order valence-corrected chi connectivity index (χ0v) is 16.6. The van der Waals surface area contributed by atoms with E-state index < -0.39 is 0 Å². The van der Waals surface area contributed by atoms with Crippen molar-refractivity contribution in [2.45, 2.75) is 56.0 Å². The first-order chi connectivity index (χ1) is 12.7. The Bertz CT molecular complexity index is 725. The molecule has 1 aromatic heterocycles. The number of ether oxygens (including phenoxy) is 1. The number of amides is 1. The normalized spacial score (nSPS) is 16.7. The van der Waals surface area contributed by atoms with Crippen molar-refractivity contribution < 1.29 is 9.53 Å². The fraction of sp³-hybridized carbons (Fsp3) is 0.600. The molecular formula is C20H29N3O2S. The van der Waals surface area contributed by atoms with Crippen LogP contribution >= 0.6 is 11.8 Å². The second-order valence-corrected chi connectivity index (χ2v) is 8.34. The Kier molecular flexibility index (Phi) is 6.97. The van der Waals surface area contributed by atoms with Crippen molar-refractivity contribution >= 4 is 28.7 Å². The summed E-state index contributed by atoms with van der Waals surface area (Å²) < 4.78 is 7.39. The molecule has 0 aliphatic heterocycles. The lowest BCUT2D eigenvalue weighted by Crippen LogP contribution is -2.35. The van der Waals surface area contributed by atoms with Crippen LogP contribution in [-0.4, -0.2) is 41.0 Å². The monoisotopic (exact) mass is 375 g/mol. The van der Waals surface area contributed by atoms with Crippen molar-refractivity contribution in [3.8, 4) is 0 Å². The SMILES string of the molecule is COCCn1c(SC(C)C(=O)NCC2CCCCC2)nc2ccccc21. The number of imidazole rings is 1. The van der Waals surface area contributed by atoms with E-state index in [0.717, 1.165) is 29.3 Å². The molecule has 5 nitrogen and oxygen atoms in total. The molecule has 1 aromatic carbocycles. The number of aromatic nitrogens is 2. The molecule has 1 N–H and O–H groups in total. The van der Waals surface area contributed by atoms with Gasteiger partial charge in [0, 0.05) is 20.2 Å². The summed E-state index contributed by atoms with van der Waals surface area (Å²) in [6.07, 6.45) is 6.43. The number of hydrogen-bond acceptors (Lipinski definition) is 4. The number of carbonyl (C=O) groups excluding carboxylic acids is 1. The third-order valence-corrected chi connectivity index (χ3v) is 6.17. The lowest BCUT2D eigenvalue weighted by molar-refractivity contribution is -0.120. The summed E-state index contributed by atoms with van der Waals surface area (Å²) in [6.45, 7) is 4.12. The molecule has 0 spiro atoms. The topological polar surface area (TPSA) is 56.1 Å².